The van der Waals surface area contributed by atoms with Crippen molar-refractivity contribution < 1.29 is 9.84 Å². The summed E-state index contributed by atoms with van der Waals surface area (Å²) in [7, 11) is 0. The van der Waals surface area contributed by atoms with Crippen LogP contribution in [0.4, 0.5) is 0 Å². The average molecular weight is 312 g/mol. The van der Waals surface area contributed by atoms with E-state index in [0.29, 0.717) is 19.2 Å². The number of aliphatic hydroxyl groups is 1. The zero-order chi connectivity index (χ0) is 15.2. The highest BCUT2D eigenvalue weighted by molar-refractivity contribution is 6.31. The molecule has 1 aromatic rings. The van der Waals surface area contributed by atoms with Gasteiger partial charge in [-0.25, -0.2) is 0 Å². The fraction of sp³-hybridized carbons (Fsp3) is 0.647. The van der Waals surface area contributed by atoms with E-state index in [2.05, 4.69) is 12.2 Å². The quantitative estimate of drug-likeness (QED) is 0.809. The number of aryl methyl sites for hydroxylation is 1. The second-order valence-electron chi connectivity index (χ2n) is 6.12. The van der Waals surface area contributed by atoms with Crippen molar-refractivity contribution in [1.29, 1.82) is 0 Å². The SMILES string of the molecule is Cc1cc(OCC(O)CN[C@@H](C)C2CCCC2)ccc1Cl. The zero-order valence-corrected chi connectivity index (χ0v) is 13.7. The van der Waals surface area contributed by atoms with Crippen LogP contribution in [0.2, 0.25) is 5.02 Å². The van der Waals surface area contributed by atoms with E-state index >= 15 is 0 Å². The van der Waals surface area contributed by atoms with Crippen molar-refractivity contribution in [1.82, 2.24) is 5.32 Å². The predicted molar refractivity (Wildman–Crippen MR) is 87.1 cm³/mol. The van der Waals surface area contributed by atoms with E-state index in [1.807, 2.05) is 25.1 Å². The van der Waals surface area contributed by atoms with Gasteiger partial charge in [-0.05, 0) is 56.4 Å². The van der Waals surface area contributed by atoms with Crippen molar-refractivity contribution in [3.05, 3.63) is 28.8 Å². The number of aliphatic hydroxyl groups excluding tert-OH is 1. The van der Waals surface area contributed by atoms with Crippen molar-refractivity contribution >= 4 is 11.6 Å². The van der Waals surface area contributed by atoms with Gasteiger partial charge in [-0.1, -0.05) is 24.4 Å². The van der Waals surface area contributed by atoms with Crippen molar-refractivity contribution in [2.45, 2.75) is 51.7 Å². The van der Waals surface area contributed by atoms with Crippen molar-refractivity contribution in [3.8, 4) is 5.75 Å². The molecule has 4 heteroatoms. The Bertz CT molecular complexity index is 446. The third kappa shape index (κ3) is 5.17. The summed E-state index contributed by atoms with van der Waals surface area (Å²) in [5.74, 6) is 1.51. The molecule has 0 amide bonds. The molecule has 1 aromatic carbocycles. The van der Waals surface area contributed by atoms with Crippen LogP contribution < -0.4 is 10.1 Å². The van der Waals surface area contributed by atoms with Gasteiger partial charge in [-0.3, -0.25) is 0 Å². The van der Waals surface area contributed by atoms with E-state index in [9.17, 15) is 5.11 Å². The molecule has 2 N–H and O–H groups in total. The molecular weight excluding hydrogens is 286 g/mol. The van der Waals surface area contributed by atoms with E-state index in [4.69, 9.17) is 16.3 Å². The van der Waals surface area contributed by atoms with Crippen LogP contribution in [-0.4, -0.2) is 30.4 Å². The molecule has 3 nitrogen and oxygen atoms in total. The van der Waals surface area contributed by atoms with Gasteiger partial charge < -0.3 is 15.2 Å². The van der Waals surface area contributed by atoms with Crippen molar-refractivity contribution in [3.63, 3.8) is 0 Å². The minimum atomic E-state index is -0.496. The lowest BCUT2D eigenvalue weighted by Crippen LogP contribution is -2.39. The molecule has 1 aliphatic carbocycles. The smallest absolute Gasteiger partial charge is 0.119 e. The Morgan fingerprint density at radius 1 is 1.38 bits per heavy atom. The molecule has 1 saturated carbocycles. The third-order valence-corrected chi connectivity index (χ3v) is 4.78. The Morgan fingerprint density at radius 2 is 2.10 bits per heavy atom. The lowest BCUT2D eigenvalue weighted by Gasteiger charge is -2.22. The van der Waals surface area contributed by atoms with E-state index in [1.54, 1.807) is 0 Å². The molecule has 118 valence electrons. The van der Waals surface area contributed by atoms with Crippen LogP contribution in [0, 0.1) is 12.8 Å². The van der Waals surface area contributed by atoms with Crippen molar-refractivity contribution in [2.75, 3.05) is 13.2 Å². The van der Waals surface area contributed by atoms with Crippen LogP contribution in [0.3, 0.4) is 0 Å². The van der Waals surface area contributed by atoms with Crippen LogP contribution in [0.25, 0.3) is 0 Å². The third-order valence-electron chi connectivity index (χ3n) is 4.35. The Hall–Kier alpha value is -0.770. The van der Waals surface area contributed by atoms with Crippen molar-refractivity contribution in [2.24, 2.45) is 5.92 Å². The fourth-order valence-electron chi connectivity index (χ4n) is 2.90. The number of hydrogen-bond donors (Lipinski definition) is 2. The molecule has 0 spiro atoms. The fourth-order valence-corrected chi connectivity index (χ4v) is 3.02. The second-order valence-corrected chi connectivity index (χ2v) is 6.52. The highest BCUT2D eigenvalue weighted by Gasteiger charge is 2.21. The zero-order valence-electron chi connectivity index (χ0n) is 12.9. The Labute approximate surface area is 132 Å². The lowest BCUT2D eigenvalue weighted by molar-refractivity contribution is 0.102. The molecule has 2 rings (SSSR count). The maximum Gasteiger partial charge on any atom is 0.119 e. The first-order valence-electron chi connectivity index (χ1n) is 7.86. The normalized spacial score (nSPS) is 18.7. The van der Waals surface area contributed by atoms with Crippen LogP contribution in [0.1, 0.15) is 38.2 Å². The van der Waals surface area contributed by atoms with Gasteiger partial charge in [0.1, 0.15) is 18.5 Å². The maximum atomic E-state index is 10.0. The molecule has 0 aliphatic heterocycles. The number of rotatable bonds is 7. The maximum absolute atomic E-state index is 10.0. The lowest BCUT2D eigenvalue weighted by atomic mass is 10.00. The summed E-state index contributed by atoms with van der Waals surface area (Å²) < 4.78 is 5.61. The molecule has 0 heterocycles. The first-order valence-corrected chi connectivity index (χ1v) is 8.24. The first-order chi connectivity index (χ1) is 10.1. The van der Waals surface area contributed by atoms with Gasteiger partial charge in [0.05, 0.1) is 0 Å². The number of halogens is 1. The van der Waals surface area contributed by atoms with Gasteiger partial charge in [-0.15, -0.1) is 0 Å². The second kappa shape index (κ2) is 8.02. The first kappa shape index (κ1) is 16.6. The van der Waals surface area contributed by atoms with Gasteiger partial charge >= 0.3 is 0 Å². The molecule has 21 heavy (non-hydrogen) atoms. The molecule has 1 aliphatic rings. The number of ether oxygens (including phenoxy) is 1. The number of hydrogen-bond acceptors (Lipinski definition) is 3. The highest BCUT2D eigenvalue weighted by Crippen LogP contribution is 2.27. The van der Waals surface area contributed by atoms with Crippen LogP contribution in [-0.2, 0) is 0 Å². The van der Waals surface area contributed by atoms with Crippen LogP contribution in [0.15, 0.2) is 18.2 Å². The van der Waals surface area contributed by atoms with E-state index in [1.165, 1.54) is 25.7 Å². The largest absolute Gasteiger partial charge is 0.491 e. The van der Waals surface area contributed by atoms with E-state index in [-0.39, 0.29) is 0 Å². The standard InChI is InChI=1S/C17H26ClNO2/c1-12-9-16(7-8-17(12)18)21-11-15(20)10-19-13(2)14-5-3-4-6-14/h7-9,13-15,19-20H,3-6,10-11H2,1-2H3/t13-,15?/m0/s1. The average Bonchev–Trinajstić information content (AvgIpc) is 3.00. The summed E-state index contributed by atoms with van der Waals surface area (Å²) in [6.45, 7) is 5.03. The van der Waals surface area contributed by atoms with Gasteiger partial charge in [0.2, 0.25) is 0 Å². The molecule has 1 fully saturated rings. The minimum Gasteiger partial charge on any atom is -0.491 e. The number of benzene rings is 1. The van der Waals surface area contributed by atoms with Gasteiger partial charge in [0.25, 0.3) is 0 Å². The van der Waals surface area contributed by atoms with E-state index in [0.717, 1.165) is 22.3 Å². The Balaban J connectivity index is 1.69. The monoisotopic (exact) mass is 311 g/mol. The summed E-state index contributed by atoms with van der Waals surface area (Å²) in [6, 6.07) is 6.01. The summed E-state index contributed by atoms with van der Waals surface area (Å²) in [5.41, 5.74) is 0.983. The Morgan fingerprint density at radius 3 is 2.76 bits per heavy atom. The molecule has 0 saturated heterocycles. The molecular formula is C17H26ClNO2. The minimum absolute atomic E-state index is 0.297. The van der Waals surface area contributed by atoms with Gasteiger partial charge in [-0.2, -0.15) is 0 Å². The summed E-state index contributed by atoms with van der Waals surface area (Å²) in [6.07, 6.45) is 4.82. The molecule has 0 aromatic heterocycles. The highest BCUT2D eigenvalue weighted by atomic mass is 35.5. The van der Waals surface area contributed by atoms with Gasteiger partial charge in [0, 0.05) is 17.6 Å². The summed E-state index contributed by atoms with van der Waals surface area (Å²) >= 11 is 5.98. The predicted octanol–water partition coefficient (Wildman–Crippen LogP) is 3.56. The van der Waals surface area contributed by atoms with Crippen LogP contribution >= 0.6 is 11.6 Å². The molecule has 0 radical (unpaired) electrons. The number of nitrogens with one attached hydrogen (secondary N) is 1. The molecule has 0 bridgehead atoms. The topological polar surface area (TPSA) is 41.5 Å². The summed E-state index contributed by atoms with van der Waals surface area (Å²) in [4.78, 5) is 0. The van der Waals surface area contributed by atoms with Gasteiger partial charge in [0.15, 0.2) is 0 Å². The van der Waals surface area contributed by atoms with Crippen LogP contribution in [0.5, 0.6) is 5.75 Å². The molecule has 1 unspecified atom stereocenters. The van der Waals surface area contributed by atoms with E-state index < -0.39 is 6.10 Å². The Kier molecular flexibility index (Phi) is 6.34. The summed E-state index contributed by atoms with van der Waals surface area (Å²) in [5, 5.41) is 14.2. The molecule has 2 atom stereocenters.